The maximum atomic E-state index is 11.9. The van der Waals surface area contributed by atoms with E-state index < -0.39 is 22.8 Å². The van der Waals surface area contributed by atoms with Crippen LogP contribution in [0.1, 0.15) is 5.56 Å². The highest BCUT2D eigenvalue weighted by atomic mass is 16.6. The highest BCUT2D eigenvalue weighted by molar-refractivity contribution is 6.31. The molecule has 0 saturated carbocycles. The number of nitro benzene ring substituents is 1. The average Bonchev–Trinajstić information content (AvgIpc) is 2.77. The molecule has 158 valence electrons. The summed E-state index contributed by atoms with van der Waals surface area (Å²) in [5.74, 6) is -1.70. The Morgan fingerprint density at radius 3 is 2.10 bits per heavy atom. The minimum absolute atomic E-state index is 0.116. The lowest BCUT2D eigenvalue weighted by Gasteiger charge is -2.37. The normalized spacial score (nSPS) is 16.6. The van der Waals surface area contributed by atoms with Crippen LogP contribution < -0.4 is 20.4 Å². The molecule has 10 nitrogen and oxygen atoms in total. The average molecular weight is 421 g/mol. The summed E-state index contributed by atoms with van der Waals surface area (Å²) < 4.78 is 0. The number of hydrogen-bond donors (Lipinski definition) is 2. The summed E-state index contributed by atoms with van der Waals surface area (Å²) in [5, 5.41) is 15.7. The van der Waals surface area contributed by atoms with Gasteiger partial charge in [-0.1, -0.05) is 24.3 Å². The van der Waals surface area contributed by atoms with Crippen molar-refractivity contribution < 1.29 is 19.3 Å². The smallest absolute Gasteiger partial charge is 0.328 e. The van der Waals surface area contributed by atoms with E-state index in [-0.39, 0.29) is 11.3 Å². The molecule has 4 rings (SSSR count). The number of para-hydroxylation sites is 1. The van der Waals surface area contributed by atoms with Crippen LogP contribution in [0.2, 0.25) is 0 Å². The number of carbonyl (C=O) groups excluding carboxylic acids is 3. The predicted octanol–water partition coefficient (Wildman–Crippen LogP) is 1.67. The number of benzene rings is 2. The molecule has 2 fully saturated rings. The molecule has 0 spiro atoms. The molecule has 0 aliphatic carbocycles. The van der Waals surface area contributed by atoms with E-state index in [1.807, 2.05) is 45.9 Å². The Bertz CT molecular complexity index is 1070. The molecule has 31 heavy (non-hydrogen) atoms. The molecule has 2 aliphatic heterocycles. The minimum Gasteiger partial charge on any atom is -0.368 e. The van der Waals surface area contributed by atoms with E-state index in [0.29, 0.717) is 24.3 Å². The highest BCUT2D eigenvalue weighted by Crippen LogP contribution is 2.31. The van der Waals surface area contributed by atoms with E-state index in [9.17, 15) is 24.5 Å². The largest absolute Gasteiger partial charge is 0.368 e. The summed E-state index contributed by atoms with van der Waals surface area (Å²) in [6.45, 7) is 2.68. The van der Waals surface area contributed by atoms with E-state index in [0.717, 1.165) is 18.8 Å². The number of anilines is 2. The van der Waals surface area contributed by atoms with Gasteiger partial charge in [0.25, 0.3) is 17.5 Å². The molecular formula is C21H19N5O5. The van der Waals surface area contributed by atoms with Crippen LogP contribution in [-0.2, 0) is 9.59 Å². The zero-order valence-electron chi connectivity index (χ0n) is 16.4. The zero-order chi connectivity index (χ0) is 22.0. The van der Waals surface area contributed by atoms with E-state index in [1.165, 1.54) is 12.1 Å². The molecule has 4 amide bonds. The lowest BCUT2D eigenvalue weighted by molar-refractivity contribution is -0.384. The van der Waals surface area contributed by atoms with Crippen molar-refractivity contribution in [3.05, 3.63) is 69.8 Å². The van der Waals surface area contributed by atoms with Gasteiger partial charge in [0.2, 0.25) is 0 Å². The summed E-state index contributed by atoms with van der Waals surface area (Å²) in [6.07, 6.45) is 1.22. The van der Waals surface area contributed by atoms with E-state index in [4.69, 9.17) is 0 Å². The Kier molecular flexibility index (Phi) is 5.35. The number of carbonyl (C=O) groups is 3. The second-order valence-corrected chi connectivity index (χ2v) is 7.11. The van der Waals surface area contributed by atoms with Gasteiger partial charge < -0.3 is 9.80 Å². The summed E-state index contributed by atoms with van der Waals surface area (Å²) in [5.41, 5.74) is 1.50. The SMILES string of the molecule is O=C1NC(=O)C(=Cc2ccc(N3CCN(c4ccccc4)CC3)c([N+](=O)[O-])c2)C(=O)N1. The van der Waals surface area contributed by atoms with Gasteiger partial charge in [0.1, 0.15) is 11.3 Å². The maximum Gasteiger partial charge on any atom is 0.328 e. The first kappa shape index (κ1) is 20.1. The Morgan fingerprint density at radius 2 is 1.48 bits per heavy atom. The number of hydrogen-bond acceptors (Lipinski definition) is 7. The first-order chi connectivity index (χ1) is 14.9. The quantitative estimate of drug-likeness (QED) is 0.333. The van der Waals surface area contributed by atoms with Crippen LogP contribution in [0.3, 0.4) is 0 Å². The molecule has 2 aliphatic rings. The van der Waals surface area contributed by atoms with Crippen LogP contribution in [0.5, 0.6) is 0 Å². The second-order valence-electron chi connectivity index (χ2n) is 7.11. The molecule has 10 heteroatoms. The van der Waals surface area contributed by atoms with Gasteiger partial charge in [-0.25, -0.2) is 4.79 Å². The Hall–Kier alpha value is -4.21. The minimum atomic E-state index is -0.900. The summed E-state index contributed by atoms with van der Waals surface area (Å²) in [7, 11) is 0. The molecule has 2 N–H and O–H groups in total. The van der Waals surface area contributed by atoms with Gasteiger partial charge in [0.05, 0.1) is 4.92 Å². The van der Waals surface area contributed by atoms with Crippen LogP contribution in [0.4, 0.5) is 21.9 Å². The second kappa shape index (κ2) is 8.27. The fraction of sp³-hybridized carbons (Fsp3) is 0.190. The number of barbiturate groups is 1. The lowest BCUT2D eigenvalue weighted by Crippen LogP contribution is -2.51. The third-order valence-corrected chi connectivity index (χ3v) is 5.19. The monoisotopic (exact) mass is 421 g/mol. The van der Waals surface area contributed by atoms with Gasteiger partial charge in [-0.05, 0) is 29.8 Å². The topological polar surface area (TPSA) is 125 Å². The molecule has 2 heterocycles. The van der Waals surface area contributed by atoms with Crippen molar-refractivity contribution in [1.82, 2.24) is 10.6 Å². The van der Waals surface area contributed by atoms with Gasteiger partial charge in [-0.15, -0.1) is 0 Å². The number of nitrogens with zero attached hydrogens (tertiary/aromatic N) is 3. The summed E-state index contributed by atoms with van der Waals surface area (Å²) >= 11 is 0. The number of amides is 4. The van der Waals surface area contributed by atoms with Gasteiger partial charge in [-0.3, -0.25) is 30.3 Å². The van der Waals surface area contributed by atoms with Crippen molar-refractivity contribution in [2.24, 2.45) is 0 Å². The summed E-state index contributed by atoms with van der Waals surface area (Å²) in [6, 6.07) is 13.6. The Labute approximate surface area is 177 Å². The molecule has 2 saturated heterocycles. The fourth-order valence-corrected chi connectivity index (χ4v) is 3.66. The first-order valence-corrected chi connectivity index (χ1v) is 9.64. The van der Waals surface area contributed by atoms with Crippen molar-refractivity contribution >= 4 is 41.0 Å². The van der Waals surface area contributed by atoms with Crippen LogP contribution >= 0.6 is 0 Å². The van der Waals surface area contributed by atoms with Gasteiger partial charge in [0.15, 0.2) is 0 Å². The third-order valence-electron chi connectivity index (χ3n) is 5.19. The molecule has 2 aromatic rings. The first-order valence-electron chi connectivity index (χ1n) is 9.64. The highest BCUT2D eigenvalue weighted by Gasteiger charge is 2.29. The lowest BCUT2D eigenvalue weighted by atomic mass is 10.1. The van der Waals surface area contributed by atoms with Gasteiger partial charge in [-0.2, -0.15) is 0 Å². The number of piperazine rings is 1. The zero-order valence-corrected chi connectivity index (χ0v) is 16.4. The standard InChI is InChI=1S/C21H19N5O5/c27-19-16(20(28)23-21(29)22-19)12-14-6-7-17(18(13-14)26(30)31)25-10-8-24(9-11-25)15-4-2-1-3-5-15/h1-7,12-13H,8-11H2,(H2,22,23,27,28,29). The van der Waals surface area contributed by atoms with Crippen LogP contribution in [0, 0.1) is 10.1 Å². The number of nitrogens with one attached hydrogen (secondary N) is 2. The molecular weight excluding hydrogens is 402 g/mol. The molecule has 0 aromatic heterocycles. The van der Waals surface area contributed by atoms with E-state index in [1.54, 1.807) is 12.1 Å². The number of nitro groups is 1. The maximum absolute atomic E-state index is 11.9. The van der Waals surface area contributed by atoms with Crippen molar-refractivity contribution in [2.75, 3.05) is 36.0 Å². The number of imide groups is 2. The van der Waals surface area contributed by atoms with Crippen LogP contribution in [0.15, 0.2) is 54.1 Å². The molecule has 0 radical (unpaired) electrons. The van der Waals surface area contributed by atoms with E-state index >= 15 is 0 Å². The van der Waals surface area contributed by atoms with Crippen molar-refractivity contribution in [3.8, 4) is 0 Å². The Balaban J connectivity index is 1.55. The van der Waals surface area contributed by atoms with Crippen LogP contribution in [0.25, 0.3) is 6.08 Å². The Morgan fingerprint density at radius 1 is 0.871 bits per heavy atom. The molecule has 0 bridgehead atoms. The van der Waals surface area contributed by atoms with Crippen molar-refractivity contribution in [2.45, 2.75) is 0 Å². The van der Waals surface area contributed by atoms with E-state index in [2.05, 4.69) is 4.90 Å². The molecule has 2 aromatic carbocycles. The van der Waals surface area contributed by atoms with Crippen molar-refractivity contribution in [1.29, 1.82) is 0 Å². The van der Waals surface area contributed by atoms with Crippen molar-refractivity contribution in [3.63, 3.8) is 0 Å². The van der Waals surface area contributed by atoms with Gasteiger partial charge in [0, 0.05) is 37.9 Å². The third kappa shape index (κ3) is 4.22. The van der Waals surface area contributed by atoms with Gasteiger partial charge >= 0.3 is 6.03 Å². The molecule has 0 unspecified atom stereocenters. The predicted molar refractivity (Wildman–Crippen MR) is 114 cm³/mol. The van der Waals surface area contributed by atoms with Crippen LogP contribution in [-0.4, -0.2) is 48.9 Å². The number of urea groups is 1. The number of rotatable bonds is 4. The summed E-state index contributed by atoms with van der Waals surface area (Å²) in [4.78, 5) is 50.4. The fourth-order valence-electron chi connectivity index (χ4n) is 3.66. The molecule has 0 atom stereocenters.